The van der Waals surface area contributed by atoms with Gasteiger partial charge in [-0.25, -0.2) is 0 Å². The molecule has 1 heterocycles. The Balaban J connectivity index is 2.35. The van der Waals surface area contributed by atoms with Crippen molar-refractivity contribution in [1.29, 1.82) is 0 Å². The fourth-order valence-corrected chi connectivity index (χ4v) is 3.61. The van der Waals surface area contributed by atoms with Crippen LogP contribution in [0.2, 0.25) is 0 Å². The summed E-state index contributed by atoms with van der Waals surface area (Å²) in [6.45, 7) is 4.57. The summed E-state index contributed by atoms with van der Waals surface area (Å²) >= 11 is 1.90. The van der Waals surface area contributed by atoms with Crippen molar-refractivity contribution in [3.8, 4) is 0 Å². The maximum absolute atomic E-state index is 2.29. The van der Waals surface area contributed by atoms with Crippen LogP contribution in [0.5, 0.6) is 0 Å². The fraction of sp³-hybridized carbons (Fsp3) is 0.250. The van der Waals surface area contributed by atoms with Crippen LogP contribution in [-0.2, 0) is 6.42 Å². The highest BCUT2D eigenvalue weighted by Crippen LogP contribution is 2.36. The summed E-state index contributed by atoms with van der Waals surface area (Å²) in [6.07, 6.45) is 1.16. The molecule has 1 heteroatoms. The lowest BCUT2D eigenvalue weighted by molar-refractivity contribution is 0.650. The molecule has 0 aliphatic heterocycles. The quantitative estimate of drug-likeness (QED) is 0.573. The van der Waals surface area contributed by atoms with Crippen LogP contribution in [0.1, 0.15) is 19.4 Å². The summed E-state index contributed by atoms with van der Waals surface area (Å²) in [5.74, 6) is 0.708. The van der Waals surface area contributed by atoms with Crippen LogP contribution in [0.4, 0.5) is 0 Å². The lowest BCUT2D eigenvalue weighted by atomic mass is 9.98. The lowest BCUT2D eigenvalue weighted by Crippen LogP contribution is -1.94. The molecular formula is C16H16S. The van der Waals surface area contributed by atoms with Gasteiger partial charge in [0.1, 0.15) is 0 Å². The first kappa shape index (κ1) is 10.8. The van der Waals surface area contributed by atoms with E-state index < -0.39 is 0 Å². The third-order valence-corrected chi connectivity index (χ3v) is 4.25. The Morgan fingerprint density at radius 1 is 0.941 bits per heavy atom. The maximum atomic E-state index is 2.29. The van der Waals surface area contributed by atoms with E-state index in [9.17, 15) is 0 Å². The zero-order valence-electron chi connectivity index (χ0n) is 10.2. The molecule has 0 fully saturated rings. The van der Waals surface area contributed by atoms with Gasteiger partial charge in [0, 0.05) is 20.2 Å². The Labute approximate surface area is 106 Å². The van der Waals surface area contributed by atoms with Crippen molar-refractivity contribution < 1.29 is 0 Å². The molecular weight excluding hydrogens is 224 g/mol. The molecule has 3 aromatic rings. The number of fused-ring (bicyclic) bond motifs is 3. The Bertz CT molecular complexity index is 661. The zero-order chi connectivity index (χ0) is 11.8. The number of thiophene rings is 1. The second kappa shape index (κ2) is 4.15. The monoisotopic (exact) mass is 240 g/mol. The van der Waals surface area contributed by atoms with E-state index in [4.69, 9.17) is 0 Å². The van der Waals surface area contributed by atoms with E-state index >= 15 is 0 Å². The number of benzene rings is 2. The normalized spacial score (nSPS) is 11.7. The summed E-state index contributed by atoms with van der Waals surface area (Å²) in [5, 5.41) is 2.89. The Kier molecular flexibility index (Phi) is 2.64. The molecule has 0 spiro atoms. The lowest BCUT2D eigenvalue weighted by Gasteiger charge is -2.06. The summed E-state index contributed by atoms with van der Waals surface area (Å²) in [4.78, 5) is 0. The minimum absolute atomic E-state index is 0.708. The second-order valence-electron chi connectivity index (χ2n) is 4.99. The van der Waals surface area contributed by atoms with E-state index in [0.717, 1.165) is 6.42 Å². The number of rotatable bonds is 2. The van der Waals surface area contributed by atoms with Gasteiger partial charge in [-0.1, -0.05) is 44.2 Å². The molecule has 0 amide bonds. The van der Waals surface area contributed by atoms with Crippen LogP contribution < -0.4 is 0 Å². The highest BCUT2D eigenvalue weighted by Gasteiger charge is 2.09. The van der Waals surface area contributed by atoms with E-state index in [-0.39, 0.29) is 0 Å². The molecule has 2 aromatic carbocycles. The van der Waals surface area contributed by atoms with E-state index in [1.54, 1.807) is 0 Å². The third kappa shape index (κ3) is 1.85. The third-order valence-electron chi connectivity index (χ3n) is 3.12. The Morgan fingerprint density at radius 3 is 2.53 bits per heavy atom. The zero-order valence-corrected chi connectivity index (χ0v) is 11.1. The van der Waals surface area contributed by atoms with Crippen molar-refractivity contribution in [2.75, 3.05) is 0 Å². The molecule has 0 aliphatic rings. The van der Waals surface area contributed by atoms with Gasteiger partial charge in [0.05, 0.1) is 0 Å². The largest absolute Gasteiger partial charge is 0.135 e. The average Bonchev–Trinajstić information content (AvgIpc) is 2.67. The molecule has 17 heavy (non-hydrogen) atoms. The Morgan fingerprint density at radius 2 is 1.71 bits per heavy atom. The summed E-state index contributed by atoms with van der Waals surface area (Å²) in [5.41, 5.74) is 1.50. The molecule has 0 unspecified atom stereocenters. The molecule has 3 rings (SSSR count). The smallest absolute Gasteiger partial charge is 0.0358 e. The summed E-state index contributed by atoms with van der Waals surface area (Å²) in [6, 6.07) is 15.4. The van der Waals surface area contributed by atoms with Crippen molar-refractivity contribution in [2.45, 2.75) is 20.3 Å². The number of hydrogen-bond donors (Lipinski definition) is 0. The molecule has 0 saturated heterocycles. The van der Waals surface area contributed by atoms with Crippen LogP contribution >= 0.6 is 11.3 Å². The molecule has 0 nitrogen and oxygen atoms in total. The van der Waals surface area contributed by atoms with Gasteiger partial charge in [0.2, 0.25) is 0 Å². The van der Waals surface area contributed by atoms with Crippen LogP contribution in [0.3, 0.4) is 0 Å². The predicted molar refractivity (Wildman–Crippen MR) is 77.9 cm³/mol. The first-order valence-electron chi connectivity index (χ1n) is 6.15. The molecule has 86 valence electrons. The van der Waals surface area contributed by atoms with Gasteiger partial charge in [-0.15, -0.1) is 11.3 Å². The summed E-state index contributed by atoms with van der Waals surface area (Å²) in [7, 11) is 0. The minimum atomic E-state index is 0.708. The van der Waals surface area contributed by atoms with Crippen molar-refractivity contribution >= 4 is 31.5 Å². The van der Waals surface area contributed by atoms with Gasteiger partial charge >= 0.3 is 0 Å². The SMILES string of the molecule is CC(C)Cc1cccc2sc3ccccc3c12. The molecule has 0 aliphatic carbocycles. The van der Waals surface area contributed by atoms with Gasteiger partial charge in [-0.3, -0.25) is 0 Å². The van der Waals surface area contributed by atoms with Crippen LogP contribution in [0, 0.1) is 5.92 Å². The molecule has 1 aromatic heterocycles. The van der Waals surface area contributed by atoms with Gasteiger partial charge < -0.3 is 0 Å². The van der Waals surface area contributed by atoms with Gasteiger partial charge in [0.25, 0.3) is 0 Å². The Hall–Kier alpha value is -1.34. The average molecular weight is 240 g/mol. The van der Waals surface area contributed by atoms with Gasteiger partial charge in [-0.2, -0.15) is 0 Å². The standard InChI is InChI=1S/C16H16S/c1-11(2)10-12-6-5-9-15-16(12)13-7-3-4-8-14(13)17-15/h3-9,11H,10H2,1-2H3. The van der Waals surface area contributed by atoms with E-state index in [0.29, 0.717) is 5.92 Å². The minimum Gasteiger partial charge on any atom is -0.135 e. The van der Waals surface area contributed by atoms with Crippen LogP contribution in [0.25, 0.3) is 20.2 Å². The first-order valence-corrected chi connectivity index (χ1v) is 6.96. The molecule has 0 radical (unpaired) electrons. The topological polar surface area (TPSA) is 0 Å². The van der Waals surface area contributed by atoms with Gasteiger partial charge in [0.15, 0.2) is 0 Å². The molecule has 0 N–H and O–H groups in total. The van der Waals surface area contributed by atoms with E-state index in [2.05, 4.69) is 56.3 Å². The molecule has 0 bridgehead atoms. The summed E-state index contributed by atoms with van der Waals surface area (Å²) < 4.78 is 2.82. The van der Waals surface area contributed by atoms with Crippen molar-refractivity contribution in [3.63, 3.8) is 0 Å². The fourth-order valence-electron chi connectivity index (χ4n) is 2.46. The second-order valence-corrected chi connectivity index (χ2v) is 6.07. The number of hydrogen-bond acceptors (Lipinski definition) is 1. The highest BCUT2D eigenvalue weighted by atomic mass is 32.1. The van der Waals surface area contributed by atoms with Crippen molar-refractivity contribution in [1.82, 2.24) is 0 Å². The highest BCUT2D eigenvalue weighted by molar-refractivity contribution is 7.25. The van der Waals surface area contributed by atoms with E-state index in [1.165, 1.54) is 25.7 Å². The maximum Gasteiger partial charge on any atom is 0.0358 e. The molecule has 0 saturated carbocycles. The first-order chi connectivity index (χ1) is 8.25. The predicted octanol–water partition coefficient (Wildman–Crippen LogP) is 5.25. The van der Waals surface area contributed by atoms with Gasteiger partial charge in [-0.05, 0) is 30.0 Å². The van der Waals surface area contributed by atoms with Crippen LogP contribution in [-0.4, -0.2) is 0 Å². The van der Waals surface area contributed by atoms with E-state index in [1.807, 2.05) is 11.3 Å². The van der Waals surface area contributed by atoms with Crippen molar-refractivity contribution in [2.24, 2.45) is 5.92 Å². The van der Waals surface area contributed by atoms with Crippen molar-refractivity contribution in [3.05, 3.63) is 48.0 Å². The molecule has 0 atom stereocenters. The van der Waals surface area contributed by atoms with Crippen LogP contribution in [0.15, 0.2) is 42.5 Å².